The number of hydrogen-bond donors (Lipinski definition) is 1. The van der Waals surface area contributed by atoms with Gasteiger partial charge in [-0.2, -0.15) is 26.3 Å². The number of amides is 1. The minimum absolute atomic E-state index is 0.0777. The van der Waals surface area contributed by atoms with Crippen molar-refractivity contribution in [3.8, 4) is 5.75 Å². The van der Waals surface area contributed by atoms with E-state index in [1.165, 1.54) is 4.90 Å². The van der Waals surface area contributed by atoms with Gasteiger partial charge in [0.05, 0.1) is 17.2 Å². The summed E-state index contributed by atoms with van der Waals surface area (Å²) >= 11 is 0. The third-order valence-corrected chi connectivity index (χ3v) is 13.1. The van der Waals surface area contributed by atoms with E-state index in [1.54, 1.807) is 0 Å². The molecule has 258 valence electrons. The predicted octanol–water partition coefficient (Wildman–Crippen LogP) is 7.83. The Hall–Kier alpha value is -3.36. The first kappa shape index (κ1) is 35.0. The van der Waals surface area contributed by atoms with E-state index >= 15 is 0 Å². The Labute approximate surface area is 266 Å². The maximum absolute atomic E-state index is 15.0. The highest BCUT2D eigenvalue weighted by molar-refractivity contribution is 7.92. The van der Waals surface area contributed by atoms with E-state index < -0.39 is 67.8 Å². The number of nitrogens with zero attached hydrogens (tertiary/aromatic N) is 1. The molecule has 0 aromatic heterocycles. The van der Waals surface area contributed by atoms with Crippen LogP contribution in [0.5, 0.6) is 5.75 Å². The molecule has 15 heteroatoms. The molecule has 2 atom stereocenters. The van der Waals surface area contributed by atoms with Crippen LogP contribution in [0.25, 0.3) is 0 Å². The lowest BCUT2D eigenvalue weighted by Gasteiger charge is -2.53. The number of rotatable bonds is 4. The fourth-order valence-electron chi connectivity index (χ4n) is 7.79. The van der Waals surface area contributed by atoms with Crippen molar-refractivity contribution in [1.82, 2.24) is 4.90 Å². The largest absolute Gasteiger partial charge is 0.516 e. The van der Waals surface area contributed by atoms with E-state index in [9.17, 15) is 48.3 Å². The molecule has 3 aliphatic carbocycles. The Kier molecular flexibility index (Phi) is 8.46. The summed E-state index contributed by atoms with van der Waals surface area (Å²) in [6.45, 7) is 4.43. The summed E-state index contributed by atoms with van der Waals surface area (Å²) in [7, 11) is -4.60. The third-order valence-electron chi connectivity index (χ3n) is 10.6. The maximum Gasteiger partial charge on any atom is 0.435 e. The highest BCUT2D eigenvalue weighted by atomic mass is 32.2. The quantitative estimate of drug-likeness (QED) is 0.200. The summed E-state index contributed by atoms with van der Waals surface area (Å²) in [4.78, 5) is 15.3. The fraction of sp³-hybridized carbons (Fsp3) is 0.531. The van der Waals surface area contributed by atoms with Crippen molar-refractivity contribution >= 4 is 15.7 Å². The average molecular weight is 696 g/mol. The van der Waals surface area contributed by atoms with Crippen LogP contribution in [0.1, 0.15) is 63.0 Å². The Morgan fingerprint density at radius 2 is 1.47 bits per heavy atom. The summed E-state index contributed by atoms with van der Waals surface area (Å²) in [6, 6.07) is 3.84. The molecule has 2 bridgehead atoms. The van der Waals surface area contributed by atoms with E-state index in [1.807, 2.05) is 0 Å². The molecular weight excluding hydrogens is 662 g/mol. The second kappa shape index (κ2) is 11.4. The predicted molar refractivity (Wildman–Crippen MR) is 153 cm³/mol. The maximum atomic E-state index is 15.0. The normalized spacial score (nSPS) is 28.8. The first-order valence-corrected chi connectivity index (χ1v) is 16.4. The summed E-state index contributed by atoms with van der Waals surface area (Å²) in [6.07, 6.45) is -8.00. The number of halogens is 8. The number of benzene rings is 2. The van der Waals surface area contributed by atoms with E-state index in [4.69, 9.17) is 9.84 Å². The molecule has 2 aromatic carbocycles. The smallest absolute Gasteiger partial charge is 0.435 e. The summed E-state index contributed by atoms with van der Waals surface area (Å²) < 4.78 is 143. The monoisotopic (exact) mass is 695 g/mol. The molecular formula is C32H33F8NO5S. The van der Waals surface area contributed by atoms with Gasteiger partial charge in [-0.15, -0.1) is 0 Å². The van der Waals surface area contributed by atoms with Gasteiger partial charge in [0.25, 0.3) is 0 Å². The van der Waals surface area contributed by atoms with Gasteiger partial charge in [0.2, 0.25) is 5.91 Å². The highest BCUT2D eigenvalue weighted by Crippen LogP contribution is 2.60. The molecule has 2 heterocycles. The lowest BCUT2D eigenvalue weighted by Crippen LogP contribution is -2.58. The molecule has 47 heavy (non-hydrogen) atoms. The van der Waals surface area contributed by atoms with Crippen LogP contribution < -0.4 is 4.74 Å². The van der Waals surface area contributed by atoms with Crippen LogP contribution in [-0.2, 0) is 25.0 Å². The summed E-state index contributed by atoms with van der Waals surface area (Å²) in [5, 5.41) is 7.33. The van der Waals surface area contributed by atoms with Crippen LogP contribution in [-0.4, -0.2) is 55.9 Å². The first-order valence-electron chi connectivity index (χ1n) is 14.9. The van der Waals surface area contributed by atoms with Crippen molar-refractivity contribution in [3.63, 3.8) is 0 Å². The van der Waals surface area contributed by atoms with Gasteiger partial charge >= 0.3 is 18.0 Å². The van der Waals surface area contributed by atoms with Gasteiger partial charge < -0.3 is 14.7 Å². The van der Waals surface area contributed by atoms with Gasteiger partial charge in [-0.3, -0.25) is 4.79 Å². The number of carbonyl (C=O) groups is 1. The lowest BCUT2D eigenvalue weighted by molar-refractivity contribution is -0.348. The zero-order valence-electron chi connectivity index (χ0n) is 25.2. The standard InChI is InChI=1S/C30H29F8NO4S.C2H4O/c1-25-8-11-26(12-9-25,13-10-25)24(40)39-15-14-27(44(41,42)20-5-3-19(31)4-6-20)21-7-2-18(16-22(21)43-17-23(27)39)28(32,29(33,34)35)30(36,37)38;1-2-3/h2-7,16,23H,8-15,17H2,1H3;2-3H,1H2. The summed E-state index contributed by atoms with van der Waals surface area (Å²) in [5.41, 5.74) is -8.45. The minimum atomic E-state index is -6.39. The Morgan fingerprint density at radius 1 is 0.936 bits per heavy atom. The number of hydrogen-bond acceptors (Lipinski definition) is 5. The summed E-state index contributed by atoms with van der Waals surface area (Å²) in [5.74, 6) is -1.67. The number of likely N-dealkylation sites (tertiary alicyclic amines) is 1. The Morgan fingerprint density at radius 3 is 1.98 bits per heavy atom. The zero-order valence-corrected chi connectivity index (χ0v) is 26.0. The molecule has 4 fully saturated rings. The third kappa shape index (κ3) is 5.18. The number of fused-ring (bicyclic) bond motifs is 6. The number of ether oxygens (including phenoxy) is 1. The van der Waals surface area contributed by atoms with Crippen LogP contribution in [0.2, 0.25) is 0 Å². The van der Waals surface area contributed by atoms with Crippen molar-refractivity contribution < 1.29 is 58.2 Å². The van der Waals surface area contributed by atoms with E-state index in [-0.39, 0.29) is 46.9 Å². The molecule has 6 nitrogen and oxygen atoms in total. The Bertz CT molecular complexity index is 1620. The molecule has 0 spiro atoms. The van der Waals surface area contributed by atoms with Crippen LogP contribution in [0, 0.1) is 16.6 Å². The lowest BCUT2D eigenvalue weighted by atomic mass is 9.54. The molecule has 1 saturated heterocycles. The van der Waals surface area contributed by atoms with E-state index in [0.29, 0.717) is 25.3 Å². The van der Waals surface area contributed by atoms with Gasteiger partial charge in [-0.05, 0) is 80.7 Å². The van der Waals surface area contributed by atoms with Gasteiger partial charge in [-0.25, -0.2) is 17.2 Å². The molecule has 0 radical (unpaired) electrons. The van der Waals surface area contributed by atoms with Crippen LogP contribution in [0.4, 0.5) is 35.1 Å². The highest BCUT2D eigenvalue weighted by Gasteiger charge is 2.74. The van der Waals surface area contributed by atoms with Crippen molar-refractivity contribution in [2.75, 3.05) is 13.2 Å². The van der Waals surface area contributed by atoms with Crippen LogP contribution >= 0.6 is 0 Å². The topological polar surface area (TPSA) is 83.9 Å². The minimum Gasteiger partial charge on any atom is -0.516 e. The second-order valence-electron chi connectivity index (χ2n) is 13.1. The van der Waals surface area contributed by atoms with Crippen molar-refractivity contribution in [2.45, 2.75) is 85.6 Å². The van der Waals surface area contributed by atoms with E-state index in [0.717, 1.165) is 49.8 Å². The molecule has 2 aliphatic heterocycles. The van der Waals surface area contributed by atoms with Crippen molar-refractivity contribution in [1.29, 1.82) is 0 Å². The number of aliphatic hydroxyl groups excluding tert-OH is 1. The molecule has 2 unspecified atom stereocenters. The molecule has 1 amide bonds. The molecule has 3 saturated carbocycles. The number of alkyl halides is 7. The molecule has 5 aliphatic rings. The Balaban J connectivity index is 0.00000139. The SMILES string of the molecule is C=CO.CC12CCC(C(=O)N3CCC4(S(=O)(=O)c5ccc(F)cc5)c5ccc(C(F)(C(F)(F)F)C(F)(F)F)cc5OCC34)(CC1)CC2. The number of sulfone groups is 1. The zero-order chi connectivity index (χ0) is 34.8. The first-order chi connectivity index (χ1) is 21.7. The number of aliphatic hydroxyl groups is 1. The second-order valence-corrected chi connectivity index (χ2v) is 15.3. The van der Waals surface area contributed by atoms with Crippen LogP contribution in [0.15, 0.2) is 60.2 Å². The number of carbonyl (C=O) groups excluding carboxylic acids is 1. The molecule has 7 rings (SSSR count). The van der Waals surface area contributed by atoms with Gasteiger partial charge in [-0.1, -0.05) is 25.6 Å². The fourth-order valence-corrected chi connectivity index (χ4v) is 10.1. The van der Waals surface area contributed by atoms with Crippen molar-refractivity contribution in [3.05, 3.63) is 72.2 Å². The van der Waals surface area contributed by atoms with Gasteiger partial charge in [0, 0.05) is 23.1 Å². The molecule has 1 N–H and O–H groups in total. The average Bonchev–Trinajstić information content (AvgIpc) is 3.42. The van der Waals surface area contributed by atoms with E-state index in [2.05, 4.69) is 13.5 Å². The molecule has 2 aromatic rings. The van der Waals surface area contributed by atoms with Gasteiger partial charge in [0.15, 0.2) is 9.84 Å². The van der Waals surface area contributed by atoms with Crippen molar-refractivity contribution in [2.24, 2.45) is 10.8 Å². The van der Waals surface area contributed by atoms with Gasteiger partial charge in [0.1, 0.15) is 22.9 Å². The van der Waals surface area contributed by atoms with Crippen LogP contribution in [0.3, 0.4) is 0 Å².